The van der Waals surface area contributed by atoms with E-state index in [9.17, 15) is 9.65 Å². The average molecular weight is 680 g/mol. The van der Waals surface area contributed by atoms with Crippen LogP contribution in [0, 0.1) is 17.1 Å². The Balaban J connectivity index is 1.34. The fourth-order valence-electron chi connectivity index (χ4n) is 5.94. The number of nitriles is 1. The molecule has 4 N–H and O–H groups in total. The van der Waals surface area contributed by atoms with E-state index in [2.05, 4.69) is 69.5 Å². The molecule has 6 rings (SSSR count). The van der Waals surface area contributed by atoms with Gasteiger partial charge in [0.25, 0.3) is 0 Å². The molecule has 1 saturated heterocycles. The van der Waals surface area contributed by atoms with Gasteiger partial charge in [0, 0.05) is 58.9 Å². The minimum atomic E-state index is -0.575. The van der Waals surface area contributed by atoms with Gasteiger partial charge in [0.15, 0.2) is 0 Å². The third-order valence-electron chi connectivity index (χ3n) is 8.47. The number of aromatic nitrogens is 1. The minimum Gasteiger partial charge on any atom is -0.373 e. The normalized spacial score (nSPS) is 16.6. The lowest BCUT2D eigenvalue weighted by molar-refractivity contribution is 0.0570. The van der Waals surface area contributed by atoms with Crippen molar-refractivity contribution in [1.29, 1.82) is 5.26 Å². The molecular formula is C34H34Cl3FN8. The second-order valence-electron chi connectivity index (χ2n) is 12.5. The third-order valence-corrected chi connectivity index (χ3v) is 9.32. The standard InChI is InChI=1S/C34H34Cl3FN8/c1-34(2,3)45-12-10-25(11-13-45)46-19-30(43-44-46)32(20-4-6-22(35)7-5-20)42-24-14-26-31(41-23-8-9-27(36)29(38)16-23)21(17-39)18-40-33(26)28(37)15-24/h4-9,14-16,18-19,25,32,42-44H,10-13H2,1-3H3,(H,40,41)/t32-/m0/s1. The van der Waals surface area contributed by atoms with Gasteiger partial charge in [-0.25, -0.2) is 4.39 Å². The summed E-state index contributed by atoms with van der Waals surface area (Å²) in [4.78, 5) is 6.98. The Kier molecular flexibility index (Phi) is 9.19. The third kappa shape index (κ3) is 6.82. The van der Waals surface area contributed by atoms with Crippen LogP contribution in [0.1, 0.15) is 50.8 Å². The summed E-state index contributed by atoms with van der Waals surface area (Å²) in [6.07, 6.45) is 5.64. The molecule has 0 amide bonds. The maximum atomic E-state index is 14.3. The Hall–Kier alpha value is -3.78. The van der Waals surface area contributed by atoms with Crippen LogP contribution in [0.2, 0.25) is 15.1 Å². The van der Waals surface area contributed by atoms with Crippen LogP contribution in [0.4, 0.5) is 21.5 Å². The van der Waals surface area contributed by atoms with Gasteiger partial charge in [0.05, 0.1) is 38.6 Å². The fourth-order valence-corrected chi connectivity index (χ4v) is 6.46. The summed E-state index contributed by atoms with van der Waals surface area (Å²) in [6, 6.07) is 18.0. The van der Waals surface area contributed by atoms with E-state index in [4.69, 9.17) is 34.8 Å². The summed E-state index contributed by atoms with van der Waals surface area (Å²) in [7, 11) is 0. The van der Waals surface area contributed by atoms with E-state index in [1.54, 1.807) is 12.1 Å². The van der Waals surface area contributed by atoms with Crippen molar-refractivity contribution in [3.05, 3.63) is 105 Å². The Labute approximate surface area is 283 Å². The van der Waals surface area contributed by atoms with Gasteiger partial charge < -0.3 is 16.1 Å². The number of hydrazine groups is 2. The molecule has 46 heavy (non-hydrogen) atoms. The summed E-state index contributed by atoms with van der Waals surface area (Å²) in [5.41, 5.74) is 11.1. The van der Waals surface area contributed by atoms with Gasteiger partial charge in [0.1, 0.15) is 11.9 Å². The maximum Gasteiger partial charge on any atom is 0.143 e. The van der Waals surface area contributed by atoms with Crippen molar-refractivity contribution in [2.45, 2.75) is 51.2 Å². The number of rotatable bonds is 7. The number of nitrogens with one attached hydrogen (secondary N) is 4. The Bertz CT molecular complexity index is 1830. The van der Waals surface area contributed by atoms with Gasteiger partial charge in [-0.05, 0) is 81.6 Å². The van der Waals surface area contributed by atoms with Gasteiger partial charge in [-0.1, -0.05) is 46.9 Å². The van der Waals surface area contributed by atoms with Crippen LogP contribution in [-0.4, -0.2) is 39.6 Å². The number of likely N-dealkylation sites (tertiary alicyclic amines) is 1. The minimum absolute atomic E-state index is 0.00617. The van der Waals surface area contributed by atoms with Crippen molar-refractivity contribution in [2.24, 2.45) is 0 Å². The maximum absolute atomic E-state index is 14.3. The molecule has 238 valence electrons. The molecule has 0 bridgehead atoms. The summed E-state index contributed by atoms with van der Waals surface area (Å²) in [5.74, 6) is -0.575. The number of anilines is 3. The van der Waals surface area contributed by atoms with E-state index in [0.29, 0.717) is 44.1 Å². The number of pyridine rings is 1. The van der Waals surface area contributed by atoms with Crippen molar-refractivity contribution >= 4 is 62.8 Å². The van der Waals surface area contributed by atoms with Crippen molar-refractivity contribution in [1.82, 2.24) is 25.9 Å². The average Bonchev–Trinajstić information content (AvgIpc) is 3.52. The van der Waals surface area contributed by atoms with Crippen molar-refractivity contribution in [2.75, 3.05) is 23.7 Å². The molecule has 0 unspecified atom stereocenters. The zero-order valence-corrected chi connectivity index (χ0v) is 27.9. The van der Waals surface area contributed by atoms with Crippen molar-refractivity contribution in [3.63, 3.8) is 0 Å². The molecule has 1 fully saturated rings. The van der Waals surface area contributed by atoms with Crippen LogP contribution >= 0.6 is 34.8 Å². The number of piperidine rings is 1. The first-order chi connectivity index (χ1) is 22.0. The molecule has 1 aromatic heterocycles. The quantitative estimate of drug-likeness (QED) is 0.155. The molecule has 3 aromatic carbocycles. The summed E-state index contributed by atoms with van der Waals surface area (Å²) in [6.45, 7) is 8.84. The van der Waals surface area contributed by atoms with E-state index < -0.39 is 5.82 Å². The number of hydrogen-bond donors (Lipinski definition) is 4. The monoisotopic (exact) mass is 678 g/mol. The topological polar surface area (TPSA) is 91.3 Å². The zero-order valence-electron chi connectivity index (χ0n) is 25.6. The number of hydrogen-bond acceptors (Lipinski definition) is 8. The molecule has 2 aliphatic rings. The van der Waals surface area contributed by atoms with Gasteiger partial charge in [-0.2, -0.15) is 5.26 Å². The van der Waals surface area contributed by atoms with Gasteiger partial charge in [0.2, 0.25) is 0 Å². The second-order valence-corrected chi connectivity index (χ2v) is 13.8. The molecule has 8 nitrogen and oxygen atoms in total. The Morgan fingerprint density at radius 3 is 2.41 bits per heavy atom. The van der Waals surface area contributed by atoms with Crippen LogP contribution in [-0.2, 0) is 0 Å². The molecule has 2 aliphatic heterocycles. The SMILES string of the molecule is CC(C)(C)N1CCC(N2C=C([C@@H](Nc3cc(Cl)c4ncc(C#N)c(Nc5ccc(Cl)c(F)c5)c4c3)c3ccc(Cl)cc3)NN2)CC1. The predicted octanol–water partition coefficient (Wildman–Crippen LogP) is 8.53. The molecule has 0 radical (unpaired) electrons. The Morgan fingerprint density at radius 1 is 1.00 bits per heavy atom. The molecule has 4 aromatic rings. The van der Waals surface area contributed by atoms with Crippen LogP contribution in [0.15, 0.2) is 72.7 Å². The molecule has 0 aliphatic carbocycles. The molecular weight excluding hydrogens is 646 g/mol. The number of halogens is 4. The molecule has 0 spiro atoms. The highest BCUT2D eigenvalue weighted by molar-refractivity contribution is 6.36. The van der Waals surface area contributed by atoms with Gasteiger partial charge in [-0.15, -0.1) is 5.53 Å². The highest BCUT2D eigenvalue weighted by Crippen LogP contribution is 2.37. The smallest absolute Gasteiger partial charge is 0.143 e. The largest absolute Gasteiger partial charge is 0.373 e. The van der Waals surface area contributed by atoms with Crippen molar-refractivity contribution in [3.8, 4) is 6.07 Å². The van der Waals surface area contributed by atoms with E-state index in [0.717, 1.165) is 37.2 Å². The molecule has 3 heterocycles. The van der Waals surface area contributed by atoms with Gasteiger partial charge in [-0.3, -0.25) is 14.9 Å². The first-order valence-electron chi connectivity index (χ1n) is 15.0. The summed E-state index contributed by atoms with van der Waals surface area (Å²) in [5, 5.41) is 20.5. The number of nitrogens with zero attached hydrogens (tertiary/aromatic N) is 4. The zero-order chi connectivity index (χ0) is 32.6. The lowest BCUT2D eigenvalue weighted by Gasteiger charge is -2.42. The highest BCUT2D eigenvalue weighted by atomic mass is 35.5. The first kappa shape index (κ1) is 32.2. The highest BCUT2D eigenvalue weighted by Gasteiger charge is 2.32. The van der Waals surface area contributed by atoms with E-state index >= 15 is 0 Å². The Morgan fingerprint density at radius 2 is 1.74 bits per heavy atom. The number of benzene rings is 3. The molecule has 0 saturated carbocycles. The van der Waals surface area contributed by atoms with Gasteiger partial charge >= 0.3 is 0 Å². The van der Waals surface area contributed by atoms with E-state index in [1.807, 2.05) is 30.3 Å². The first-order valence-corrected chi connectivity index (χ1v) is 16.2. The fraction of sp³-hybridized carbons (Fsp3) is 0.294. The van der Waals surface area contributed by atoms with Crippen LogP contribution < -0.4 is 21.6 Å². The predicted molar refractivity (Wildman–Crippen MR) is 185 cm³/mol. The lowest BCUT2D eigenvalue weighted by atomic mass is 9.98. The van der Waals surface area contributed by atoms with E-state index in [1.165, 1.54) is 18.3 Å². The molecule has 1 atom stereocenters. The number of fused-ring (bicyclic) bond motifs is 1. The summed E-state index contributed by atoms with van der Waals surface area (Å²) < 4.78 is 14.3. The summed E-state index contributed by atoms with van der Waals surface area (Å²) >= 11 is 19.0. The second kappa shape index (κ2) is 13.1. The molecule has 12 heteroatoms. The van der Waals surface area contributed by atoms with Crippen LogP contribution in [0.3, 0.4) is 0 Å². The van der Waals surface area contributed by atoms with Crippen LogP contribution in [0.5, 0.6) is 0 Å². The van der Waals surface area contributed by atoms with Crippen molar-refractivity contribution < 1.29 is 4.39 Å². The lowest BCUT2D eigenvalue weighted by Crippen LogP contribution is -2.52. The van der Waals surface area contributed by atoms with Crippen LogP contribution in [0.25, 0.3) is 10.9 Å². The van der Waals surface area contributed by atoms with E-state index in [-0.39, 0.29) is 22.2 Å².